The van der Waals surface area contributed by atoms with Gasteiger partial charge in [-0.3, -0.25) is 0 Å². The Morgan fingerprint density at radius 2 is 2.31 bits per heavy atom. The summed E-state index contributed by atoms with van der Waals surface area (Å²) in [6.45, 7) is 5.06. The monoisotopic (exact) mass is 236 g/mol. The number of aryl methyl sites for hydroxylation is 2. The zero-order valence-electron chi connectivity index (χ0n) is 9.55. The van der Waals surface area contributed by atoms with Gasteiger partial charge in [-0.1, -0.05) is 25.1 Å². The zero-order chi connectivity index (χ0) is 11.5. The molecule has 0 unspecified atom stereocenters. The molecule has 0 fully saturated rings. The molecule has 16 heavy (non-hydrogen) atoms. The van der Waals surface area contributed by atoms with Crippen LogP contribution >= 0.6 is 11.3 Å². The summed E-state index contributed by atoms with van der Waals surface area (Å²) in [5.74, 6) is 0.916. The molecule has 2 rings (SSSR count). The van der Waals surface area contributed by atoms with Gasteiger partial charge in [0.05, 0.1) is 5.69 Å². The van der Waals surface area contributed by atoms with Crippen LogP contribution in [0.5, 0.6) is 0 Å². The highest BCUT2D eigenvalue weighted by Crippen LogP contribution is 2.19. The third-order valence-electron chi connectivity index (χ3n) is 2.50. The third kappa shape index (κ3) is 2.24. The molecule has 86 valence electrons. The Morgan fingerprint density at radius 3 is 2.94 bits per heavy atom. The Morgan fingerprint density at radius 1 is 1.50 bits per heavy atom. The molecule has 0 aliphatic heterocycles. The predicted molar refractivity (Wildman–Crippen MR) is 66.5 cm³/mol. The van der Waals surface area contributed by atoms with Gasteiger partial charge in [-0.15, -0.1) is 16.4 Å². The van der Waals surface area contributed by atoms with Gasteiger partial charge in [0.2, 0.25) is 0 Å². The fourth-order valence-electron chi connectivity index (χ4n) is 1.76. The van der Waals surface area contributed by atoms with E-state index < -0.39 is 0 Å². The lowest BCUT2D eigenvalue weighted by Gasteiger charge is -2.08. The number of nitrogens with zero attached hydrogens (tertiary/aromatic N) is 3. The number of hydrogen-bond donors (Lipinski definition) is 1. The first-order valence-corrected chi connectivity index (χ1v) is 6.27. The Hall–Kier alpha value is -1.36. The highest BCUT2D eigenvalue weighted by atomic mass is 32.1. The fraction of sp³-hybridized carbons (Fsp3) is 0.455. The molecule has 0 bridgehead atoms. The molecule has 0 spiro atoms. The van der Waals surface area contributed by atoms with Crippen molar-refractivity contribution in [3.05, 3.63) is 28.1 Å². The van der Waals surface area contributed by atoms with Gasteiger partial charge >= 0.3 is 0 Å². The molecule has 2 aromatic rings. The van der Waals surface area contributed by atoms with Crippen LogP contribution in [0.15, 0.2) is 17.5 Å². The van der Waals surface area contributed by atoms with Gasteiger partial charge in [0, 0.05) is 17.8 Å². The van der Waals surface area contributed by atoms with Crippen molar-refractivity contribution in [2.24, 2.45) is 0 Å². The second-order valence-electron chi connectivity index (χ2n) is 4.07. The summed E-state index contributed by atoms with van der Waals surface area (Å²) in [7, 11) is 0. The molecule has 0 amide bonds. The molecule has 0 saturated carbocycles. The van der Waals surface area contributed by atoms with Gasteiger partial charge in [-0.2, -0.15) is 0 Å². The fourth-order valence-corrected chi connectivity index (χ4v) is 2.46. The minimum atomic E-state index is 0.360. The largest absolute Gasteiger partial charge is 0.381 e. The minimum Gasteiger partial charge on any atom is -0.381 e. The van der Waals surface area contributed by atoms with E-state index in [1.165, 1.54) is 4.88 Å². The molecule has 2 heterocycles. The van der Waals surface area contributed by atoms with Crippen molar-refractivity contribution in [2.45, 2.75) is 32.7 Å². The van der Waals surface area contributed by atoms with E-state index in [0.717, 1.165) is 18.7 Å². The lowest BCUT2D eigenvalue weighted by atomic mass is 10.1. The van der Waals surface area contributed by atoms with E-state index >= 15 is 0 Å². The summed E-state index contributed by atoms with van der Waals surface area (Å²) in [6.07, 6.45) is 0.986. The summed E-state index contributed by atoms with van der Waals surface area (Å²) in [5, 5.41) is 10.1. The van der Waals surface area contributed by atoms with Crippen LogP contribution in [0.3, 0.4) is 0 Å². The summed E-state index contributed by atoms with van der Waals surface area (Å²) in [4.78, 5) is 1.36. The normalized spacial score (nSPS) is 11.2. The van der Waals surface area contributed by atoms with Crippen molar-refractivity contribution in [3.8, 4) is 0 Å². The minimum absolute atomic E-state index is 0.360. The number of hydrogen-bond acceptors (Lipinski definition) is 4. The number of nitrogen functional groups attached to an aromatic ring is 1. The quantitative estimate of drug-likeness (QED) is 0.886. The maximum Gasteiger partial charge on any atom is 0.169 e. The van der Waals surface area contributed by atoms with Crippen LogP contribution in [0.2, 0.25) is 0 Å². The summed E-state index contributed by atoms with van der Waals surface area (Å²) in [6, 6.07) is 4.21. The first-order valence-electron chi connectivity index (χ1n) is 5.39. The van der Waals surface area contributed by atoms with E-state index in [1.807, 2.05) is 4.68 Å². The molecular weight excluding hydrogens is 220 g/mol. The smallest absolute Gasteiger partial charge is 0.169 e. The van der Waals surface area contributed by atoms with Gasteiger partial charge < -0.3 is 5.73 Å². The summed E-state index contributed by atoms with van der Waals surface area (Å²) >= 11 is 1.77. The average molecular weight is 236 g/mol. The van der Waals surface area contributed by atoms with Crippen molar-refractivity contribution in [1.82, 2.24) is 15.0 Å². The van der Waals surface area contributed by atoms with Gasteiger partial charge in [0.1, 0.15) is 0 Å². The Kier molecular flexibility index (Phi) is 3.24. The van der Waals surface area contributed by atoms with Crippen molar-refractivity contribution in [3.63, 3.8) is 0 Å². The molecule has 0 saturated heterocycles. The van der Waals surface area contributed by atoms with E-state index in [0.29, 0.717) is 11.7 Å². The molecule has 0 aliphatic carbocycles. The van der Waals surface area contributed by atoms with Crippen LogP contribution in [-0.2, 0) is 13.0 Å². The molecule has 0 radical (unpaired) electrons. The maximum atomic E-state index is 5.80. The number of thiophene rings is 1. The highest BCUT2D eigenvalue weighted by molar-refractivity contribution is 7.09. The van der Waals surface area contributed by atoms with Crippen LogP contribution in [0.4, 0.5) is 5.82 Å². The second-order valence-corrected chi connectivity index (χ2v) is 5.10. The molecule has 0 atom stereocenters. The molecule has 5 heteroatoms. The van der Waals surface area contributed by atoms with Crippen LogP contribution in [0.1, 0.15) is 30.3 Å². The molecule has 2 aromatic heterocycles. The lowest BCUT2D eigenvalue weighted by molar-refractivity contribution is 0.552. The highest BCUT2D eigenvalue weighted by Gasteiger charge is 2.13. The molecule has 2 N–H and O–H groups in total. The molecule has 0 aliphatic rings. The first kappa shape index (κ1) is 11.1. The van der Waals surface area contributed by atoms with E-state index in [9.17, 15) is 0 Å². The number of anilines is 1. The van der Waals surface area contributed by atoms with Crippen LogP contribution in [0, 0.1) is 0 Å². The van der Waals surface area contributed by atoms with Crippen molar-refractivity contribution in [2.75, 3.05) is 5.73 Å². The predicted octanol–water partition coefficient (Wildman–Crippen LogP) is 2.29. The van der Waals surface area contributed by atoms with E-state index in [-0.39, 0.29) is 0 Å². The van der Waals surface area contributed by atoms with E-state index in [2.05, 4.69) is 41.7 Å². The standard InChI is InChI=1S/C11H16N4S/c1-8(2)10-11(12)13-14-15(10)6-5-9-4-3-7-16-9/h3-4,7-8H,5-6,12H2,1-2H3. The van der Waals surface area contributed by atoms with Gasteiger partial charge in [0.15, 0.2) is 5.82 Å². The molecular formula is C11H16N4S. The zero-order valence-corrected chi connectivity index (χ0v) is 10.4. The summed E-state index contributed by atoms with van der Waals surface area (Å²) in [5.41, 5.74) is 6.84. The van der Waals surface area contributed by atoms with E-state index in [1.54, 1.807) is 11.3 Å². The Labute approximate surface area is 99.1 Å². The third-order valence-corrected chi connectivity index (χ3v) is 3.43. The first-order chi connectivity index (χ1) is 7.68. The molecule has 0 aromatic carbocycles. The number of rotatable bonds is 4. The topological polar surface area (TPSA) is 56.7 Å². The maximum absolute atomic E-state index is 5.80. The van der Waals surface area contributed by atoms with E-state index in [4.69, 9.17) is 5.73 Å². The number of aromatic nitrogens is 3. The van der Waals surface area contributed by atoms with Crippen molar-refractivity contribution in [1.29, 1.82) is 0 Å². The SMILES string of the molecule is CC(C)c1c(N)nnn1CCc1cccs1. The van der Waals surface area contributed by atoms with Crippen LogP contribution in [-0.4, -0.2) is 15.0 Å². The lowest BCUT2D eigenvalue weighted by Crippen LogP contribution is -2.09. The van der Waals surface area contributed by atoms with Gasteiger partial charge in [-0.05, 0) is 17.4 Å². The average Bonchev–Trinajstić information content (AvgIpc) is 2.83. The Balaban J connectivity index is 2.10. The second kappa shape index (κ2) is 4.65. The van der Waals surface area contributed by atoms with Gasteiger partial charge in [0.25, 0.3) is 0 Å². The summed E-state index contributed by atoms with van der Waals surface area (Å²) < 4.78 is 1.92. The van der Waals surface area contributed by atoms with Crippen molar-refractivity contribution >= 4 is 17.2 Å². The number of nitrogens with two attached hydrogens (primary N) is 1. The van der Waals surface area contributed by atoms with Crippen molar-refractivity contribution < 1.29 is 0 Å². The van der Waals surface area contributed by atoms with Crippen LogP contribution < -0.4 is 5.73 Å². The molecule has 4 nitrogen and oxygen atoms in total. The van der Waals surface area contributed by atoms with Crippen LogP contribution in [0.25, 0.3) is 0 Å². The Bertz CT molecular complexity index is 445. The van der Waals surface area contributed by atoms with Gasteiger partial charge in [-0.25, -0.2) is 4.68 Å².